The third-order valence-corrected chi connectivity index (χ3v) is 9.73. The number of aromatic nitrogens is 2. The smallest absolute Gasteiger partial charge is 0.362 e. The monoisotopic (exact) mass is 520 g/mol. The van der Waals surface area contributed by atoms with E-state index < -0.39 is 11.7 Å². The van der Waals surface area contributed by atoms with E-state index in [1.807, 2.05) is 28.8 Å². The number of oxime groups is 1. The summed E-state index contributed by atoms with van der Waals surface area (Å²) in [6.07, 6.45) is 15.1. The van der Waals surface area contributed by atoms with Gasteiger partial charge in [-0.1, -0.05) is 49.4 Å². The molecule has 8 heteroatoms. The Morgan fingerprint density at radius 1 is 0.947 bits per heavy atom. The van der Waals surface area contributed by atoms with Crippen molar-refractivity contribution in [1.29, 1.82) is 0 Å². The SMILES string of the molecule is CCOC(=O)/C(=N\O)c1nc2ccccc2n([C@H]2C[C@H]3CCC[C@@H](C2)N3C2CC3CCCCC(C3)C2)c1=O. The highest BCUT2D eigenvalue weighted by Crippen LogP contribution is 2.47. The van der Waals surface area contributed by atoms with Crippen LogP contribution in [0.2, 0.25) is 0 Å². The maximum atomic E-state index is 14.0. The van der Waals surface area contributed by atoms with Crippen LogP contribution >= 0.6 is 0 Å². The zero-order valence-corrected chi connectivity index (χ0v) is 22.4. The Labute approximate surface area is 224 Å². The van der Waals surface area contributed by atoms with Gasteiger partial charge >= 0.3 is 5.97 Å². The van der Waals surface area contributed by atoms with E-state index in [1.165, 1.54) is 64.2 Å². The molecule has 2 unspecified atom stereocenters. The Bertz CT molecular complexity index is 1240. The average Bonchev–Trinajstić information content (AvgIpc) is 3.08. The van der Waals surface area contributed by atoms with Gasteiger partial charge in [-0.25, -0.2) is 9.78 Å². The molecule has 6 rings (SSSR count). The van der Waals surface area contributed by atoms with E-state index in [9.17, 15) is 14.8 Å². The van der Waals surface area contributed by atoms with Crippen molar-refractivity contribution in [3.63, 3.8) is 0 Å². The molecule has 2 saturated carbocycles. The predicted octanol–water partition coefficient (Wildman–Crippen LogP) is 5.05. The van der Waals surface area contributed by atoms with Crippen LogP contribution in [0.1, 0.15) is 95.7 Å². The highest BCUT2D eigenvalue weighted by atomic mass is 16.5. The molecular formula is C30H40N4O4. The predicted molar refractivity (Wildman–Crippen MR) is 146 cm³/mol. The molecular weight excluding hydrogens is 480 g/mol. The summed E-state index contributed by atoms with van der Waals surface area (Å²) in [6.45, 7) is 1.79. The maximum Gasteiger partial charge on any atom is 0.362 e. The van der Waals surface area contributed by atoms with Gasteiger partial charge in [0.25, 0.3) is 5.56 Å². The molecule has 4 aliphatic rings. The molecule has 0 spiro atoms. The topological polar surface area (TPSA) is 97.0 Å². The molecule has 1 aromatic carbocycles. The van der Waals surface area contributed by atoms with Crippen molar-refractivity contribution >= 4 is 22.7 Å². The highest BCUT2D eigenvalue weighted by Gasteiger charge is 2.45. The molecule has 4 fully saturated rings. The van der Waals surface area contributed by atoms with Gasteiger partial charge in [0.05, 0.1) is 17.6 Å². The largest absolute Gasteiger partial charge is 0.461 e. The van der Waals surface area contributed by atoms with Crippen molar-refractivity contribution < 1.29 is 14.7 Å². The van der Waals surface area contributed by atoms with Crippen LogP contribution in [0.15, 0.2) is 34.2 Å². The molecule has 1 aromatic heterocycles. The highest BCUT2D eigenvalue weighted by molar-refractivity contribution is 6.42. The van der Waals surface area contributed by atoms with Crippen molar-refractivity contribution in [2.45, 2.75) is 108 Å². The lowest BCUT2D eigenvalue weighted by molar-refractivity contribution is -0.135. The van der Waals surface area contributed by atoms with Gasteiger partial charge in [-0.15, -0.1) is 0 Å². The summed E-state index contributed by atoms with van der Waals surface area (Å²) >= 11 is 0. The van der Waals surface area contributed by atoms with Gasteiger partial charge in [0.1, 0.15) is 0 Å². The number of carbonyl (C=O) groups is 1. The number of benzene rings is 1. The fraction of sp³-hybridized carbons (Fsp3) is 0.667. The van der Waals surface area contributed by atoms with Gasteiger partial charge in [0.2, 0.25) is 5.71 Å². The van der Waals surface area contributed by atoms with Crippen LogP contribution in [0.5, 0.6) is 0 Å². The minimum atomic E-state index is -0.841. The Kier molecular flexibility index (Phi) is 7.25. The van der Waals surface area contributed by atoms with Crippen LogP contribution in [0.4, 0.5) is 0 Å². The van der Waals surface area contributed by atoms with Crippen LogP contribution in [0, 0.1) is 11.8 Å². The number of fused-ring (bicyclic) bond motifs is 5. The fourth-order valence-electron chi connectivity index (χ4n) is 8.36. The van der Waals surface area contributed by atoms with Crippen molar-refractivity contribution in [3.05, 3.63) is 40.3 Å². The second kappa shape index (κ2) is 10.8. The van der Waals surface area contributed by atoms with Crippen LogP contribution in [0.25, 0.3) is 11.0 Å². The van der Waals surface area contributed by atoms with E-state index in [2.05, 4.69) is 15.0 Å². The number of hydrogen-bond donors (Lipinski definition) is 1. The summed E-state index contributed by atoms with van der Waals surface area (Å²) in [4.78, 5) is 33.8. The Morgan fingerprint density at radius 3 is 2.29 bits per heavy atom. The number of carbonyl (C=O) groups excluding carboxylic acids is 1. The Hall–Kier alpha value is -2.74. The van der Waals surface area contributed by atoms with Crippen LogP contribution in [-0.2, 0) is 9.53 Å². The van der Waals surface area contributed by atoms with E-state index in [0.29, 0.717) is 23.6 Å². The molecule has 3 heterocycles. The normalized spacial score (nSPS) is 32.1. The average molecular weight is 521 g/mol. The quantitative estimate of drug-likeness (QED) is 0.256. The fourth-order valence-corrected chi connectivity index (χ4v) is 8.36. The molecule has 5 atom stereocenters. The Balaban J connectivity index is 1.35. The standard InChI is InChI=1S/C30H40N4O4/c1-2-38-30(36)28(32-37)27-29(35)34(26-13-6-5-12-25(26)31-27)24-17-21-10-7-11-22(18-24)33(21)23-15-19-8-3-4-9-20(14-19)16-23/h5-6,12-13,19-24,37H,2-4,7-11,14-18H2,1H3/b32-28-/t19?,20?,21-,22+,23?,24+. The van der Waals surface area contributed by atoms with Gasteiger partial charge in [0.15, 0.2) is 5.69 Å². The number of ether oxygens (including phenoxy) is 1. The van der Waals surface area contributed by atoms with Crippen molar-refractivity contribution in [3.8, 4) is 0 Å². The number of nitrogens with zero attached hydrogens (tertiary/aromatic N) is 4. The number of esters is 1. The van der Waals surface area contributed by atoms with E-state index >= 15 is 0 Å². The molecule has 38 heavy (non-hydrogen) atoms. The summed E-state index contributed by atoms with van der Waals surface area (Å²) in [6, 6.07) is 9.18. The number of piperidine rings is 2. The first-order valence-electron chi connectivity index (χ1n) is 14.8. The minimum absolute atomic E-state index is 0.00806. The van der Waals surface area contributed by atoms with Gasteiger partial charge < -0.3 is 14.5 Å². The van der Waals surface area contributed by atoms with Crippen molar-refractivity contribution in [2.75, 3.05) is 6.61 Å². The van der Waals surface area contributed by atoms with Gasteiger partial charge in [-0.05, 0) is 75.8 Å². The summed E-state index contributed by atoms with van der Waals surface area (Å²) < 4.78 is 6.90. The summed E-state index contributed by atoms with van der Waals surface area (Å²) in [5, 5.41) is 12.8. The van der Waals surface area contributed by atoms with Crippen LogP contribution in [0.3, 0.4) is 0 Å². The van der Waals surface area contributed by atoms with Crippen LogP contribution < -0.4 is 5.56 Å². The summed E-state index contributed by atoms with van der Waals surface area (Å²) in [5.74, 6) is 0.924. The van der Waals surface area contributed by atoms with Gasteiger partial charge in [-0.3, -0.25) is 9.69 Å². The zero-order chi connectivity index (χ0) is 26.2. The second-order valence-corrected chi connectivity index (χ2v) is 12.0. The molecule has 2 aromatic rings. The van der Waals surface area contributed by atoms with Gasteiger partial charge in [0, 0.05) is 24.2 Å². The molecule has 8 nitrogen and oxygen atoms in total. The van der Waals surface area contributed by atoms with Crippen LogP contribution in [-0.4, -0.2) is 56.1 Å². The number of para-hydroxylation sites is 2. The third kappa shape index (κ3) is 4.65. The molecule has 0 amide bonds. The molecule has 2 saturated heterocycles. The van der Waals surface area contributed by atoms with E-state index in [-0.39, 0.29) is 23.9 Å². The first-order chi connectivity index (χ1) is 18.6. The minimum Gasteiger partial charge on any atom is -0.461 e. The maximum absolute atomic E-state index is 14.0. The second-order valence-electron chi connectivity index (χ2n) is 12.0. The lowest BCUT2D eigenvalue weighted by Crippen LogP contribution is -2.58. The molecule has 1 N–H and O–H groups in total. The summed E-state index contributed by atoms with van der Waals surface area (Å²) in [5.41, 5.74) is 0.413. The first kappa shape index (κ1) is 25.5. The summed E-state index contributed by atoms with van der Waals surface area (Å²) in [7, 11) is 0. The number of hydrogen-bond acceptors (Lipinski definition) is 7. The molecule has 204 valence electrons. The lowest BCUT2D eigenvalue weighted by atomic mass is 9.73. The zero-order valence-electron chi connectivity index (χ0n) is 22.4. The molecule has 2 aliphatic carbocycles. The van der Waals surface area contributed by atoms with E-state index in [0.717, 1.165) is 30.2 Å². The van der Waals surface area contributed by atoms with E-state index in [4.69, 9.17) is 4.74 Å². The third-order valence-electron chi connectivity index (χ3n) is 9.73. The molecule has 0 radical (unpaired) electrons. The van der Waals surface area contributed by atoms with Crippen molar-refractivity contribution in [1.82, 2.24) is 14.5 Å². The first-order valence-corrected chi connectivity index (χ1v) is 14.8. The van der Waals surface area contributed by atoms with E-state index in [1.54, 1.807) is 6.92 Å². The molecule has 4 bridgehead atoms. The number of rotatable bonds is 5. The molecule has 2 aliphatic heterocycles. The van der Waals surface area contributed by atoms with Crippen molar-refractivity contribution in [2.24, 2.45) is 17.0 Å². The lowest BCUT2D eigenvalue weighted by Gasteiger charge is -2.54. The Morgan fingerprint density at radius 2 is 1.63 bits per heavy atom. The van der Waals surface area contributed by atoms with Gasteiger partial charge in [-0.2, -0.15) is 0 Å².